The maximum Gasteiger partial charge on any atom is 0.330 e. The van der Waals surface area contributed by atoms with Crippen molar-refractivity contribution in [2.24, 2.45) is 34.4 Å². The fourth-order valence-corrected chi connectivity index (χ4v) is 17.0. The van der Waals surface area contributed by atoms with Crippen molar-refractivity contribution in [3.8, 4) is 0 Å². The maximum absolute atomic E-state index is 15.0. The summed E-state index contributed by atoms with van der Waals surface area (Å²) < 4.78 is 85.0. The van der Waals surface area contributed by atoms with Gasteiger partial charge in [0.15, 0.2) is 78.9 Å². The van der Waals surface area contributed by atoms with Crippen molar-refractivity contribution in [2.75, 3.05) is 123 Å². The number of aryl methyl sites for hydroxylation is 1. The van der Waals surface area contributed by atoms with Crippen LogP contribution in [0.3, 0.4) is 0 Å². The van der Waals surface area contributed by atoms with Crippen LogP contribution in [0.1, 0.15) is 108 Å². The number of aromatic nitrogens is 10. The molecule has 134 heavy (non-hydrogen) atoms. The Morgan fingerprint density at radius 1 is 0.463 bits per heavy atom. The number of carbonyl (C=O) groups is 8. The molecular formula is C71H121N40O20P3. The molecule has 37 N–H and O–H groups in total. The number of aromatic amines is 2. The van der Waals surface area contributed by atoms with Crippen LogP contribution >= 0.6 is 24.4 Å². The van der Waals surface area contributed by atoms with Gasteiger partial charge in [0.2, 0.25) is 53.2 Å². The monoisotopic (exact) mass is 1950 g/mol. The first-order valence-electron chi connectivity index (χ1n) is 42.4. The van der Waals surface area contributed by atoms with Crippen molar-refractivity contribution in [2.45, 2.75) is 164 Å². The zero-order valence-corrected chi connectivity index (χ0v) is 76.7. The van der Waals surface area contributed by atoms with Gasteiger partial charge in [-0.25, -0.2) is 34.1 Å². The molecule has 60 nitrogen and oxygen atoms in total. The number of anilines is 2. The molecule has 8 heterocycles. The van der Waals surface area contributed by atoms with Crippen molar-refractivity contribution in [3.63, 3.8) is 0 Å². The van der Waals surface area contributed by atoms with E-state index in [4.69, 9.17) is 106 Å². The Hall–Kier alpha value is -13.1. The molecule has 0 radical (unpaired) electrons. The summed E-state index contributed by atoms with van der Waals surface area (Å²) in [5, 5.41) is 80.2. The molecule has 3 fully saturated rings. The third-order valence-electron chi connectivity index (χ3n) is 20.7. The quantitative estimate of drug-likeness (QED) is 0.00744. The summed E-state index contributed by atoms with van der Waals surface area (Å²) in [6.45, 7) is 0.715. The Morgan fingerprint density at radius 2 is 0.828 bits per heavy atom. The number of fused-ring (bicyclic) bond motifs is 2. The van der Waals surface area contributed by atoms with Crippen LogP contribution in [0.5, 0.6) is 0 Å². The highest BCUT2D eigenvalue weighted by Crippen LogP contribution is 2.40. The second kappa shape index (κ2) is 52.4. The molecule has 3 saturated heterocycles. The van der Waals surface area contributed by atoms with Crippen LogP contribution in [0.25, 0.3) is 22.3 Å². The number of nitrogen functional groups attached to an aromatic ring is 2. The van der Waals surface area contributed by atoms with Crippen molar-refractivity contribution in [1.82, 2.24) is 132 Å². The number of hydrogen-bond donors (Lipinski definition) is 29. The molecule has 8 amide bonds. The lowest BCUT2D eigenvalue weighted by Crippen LogP contribution is -2.60. The predicted octanol–water partition coefficient (Wildman–Crippen LogP) is -9.33. The van der Waals surface area contributed by atoms with Gasteiger partial charge < -0.3 is 148 Å². The van der Waals surface area contributed by atoms with Crippen LogP contribution in [0.4, 0.5) is 11.8 Å². The summed E-state index contributed by atoms with van der Waals surface area (Å²) >= 11 is 0. The lowest BCUT2D eigenvalue weighted by Gasteiger charge is -2.40. The van der Waals surface area contributed by atoms with E-state index < -0.39 is 211 Å². The number of imidazole rings is 2. The van der Waals surface area contributed by atoms with Gasteiger partial charge in [-0.05, 0) is 84.0 Å². The van der Waals surface area contributed by atoms with Crippen LogP contribution in [0.2, 0.25) is 0 Å². The number of hydrogen-bond acceptors (Lipinski definition) is 33. The first kappa shape index (κ1) is 106. The highest BCUT2D eigenvalue weighted by molar-refractivity contribution is 7.38. The summed E-state index contributed by atoms with van der Waals surface area (Å²) in [6, 6.07) is -8.96. The van der Waals surface area contributed by atoms with Gasteiger partial charge in [0.25, 0.3) is 27.5 Å². The lowest BCUT2D eigenvalue weighted by molar-refractivity contribution is -0.158. The van der Waals surface area contributed by atoms with Gasteiger partial charge in [-0.2, -0.15) is 4.98 Å². The van der Waals surface area contributed by atoms with Gasteiger partial charge >= 0.3 is 5.69 Å². The fraction of sp³-hybridized carbons (Fsp3) is 0.606. The highest BCUT2D eigenvalue weighted by atomic mass is 31.1. The number of nitrogens with two attached hydrogens (primary N) is 8. The highest BCUT2D eigenvalue weighted by Gasteiger charge is 2.41. The first-order chi connectivity index (χ1) is 63.7. The fourth-order valence-electron chi connectivity index (χ4n) is 14.2. The third-order valence-corrected chi connectivity index (χ3v) is 23.8. The molecule has 15 atom stereocenters. The van der Waals surface area contributed by atoms with E-state index in [1.54, 1.807) is 0 Å². The van der Waals surface area contributed by atoms with Crippen molar-refractivity contribution in [3.05, 3.63) is 61.9 Å². The van der Waals surface area contributed by atoms with E-state index in [1.807, 2.05) is 0 Å². The van der Waals surface area contributed by atoms with Gasteiger partial charge in [0.1, 0.15) is 60.4 Å². The molecule has 15 unspecified atom stereocenters. The van der Waals surface area contributed by atoms with Crippen LogP contribution in [-0.4, -0.2) is 312 Å². The van der Waals surface area contributed by atoms with Crippen LogP contribution in [0, 0.1) is 39.4 Å². The van der Waals surface area contributed by atoms with Gasteiger partial charge in [0, 0.05) is 84.3 Å². The summed E-state index contributed by atoms with van der Waals surface area (Å²) in [5.41, 5.74) is 43.6. The van der Waals surface area contributed by atoms with Crippen molar-refractivity contribution < 1.29 is 79.8 Å². The number of carbonyl (C=O) groups excluding carboxylic acids is 8. The Balaban J connectivity index is 1.02. The minimum absolute atomic E-state index is 0.000249. The molecule has 3 aliphatic rings. The standard InChI is InChI=1S/C71H121N40O20P3/c1-36-23-109(71(122)105-56(36)114)49-28-107(25-39(130-49)30-126-132(3)123)133(124)128-32-40-26-108(29-50(131-40)110-34-95-51-53(72)93-33-94-54(51)110)134(125)127-31-38-24-106(27-48(129-38)111-35-96-52-55(111)103-70(85)104-63(52)121)47(113)22-92-57(115)41(10-4-16-86-64(73)74)98-59(117)43(12-6-18-88-66(77)78)100-61(119)45(14-8-20-90-68(81)82)102-62(120)46(15-9-21-91-69(83)84)101-60(118)44(13-7-19-89-67(79)80)99-58(116)42(97-37(2)112)11-5-17-87-65(75)76/h23,33-35,38-46,48-50,132-134H,4-22,24-32H2,1-3H3,(H,92,115)(H,97,112)(H,98,117)(H,99,116)(H,100,119)(H,101,118)(H,102,120)(H2,72,93,94)(H4,73,74,86)(H4,75,76,87)(H4,77,78,88)(H4,79,80,89)(H4,81,82,90)(H4,83,84,91)(H,105,114,122)(H3,85,103,104,121). The normalized spacial score (nSPS) is 18.9. The molecule has 5 aromatic heterocycles. The van der Waals surface area contributed by atoms with Crippen LogP contribution in [0.15, 0.2) is 39.6 Å². The summed E-state index contributed by atoms with van der Waals surface area (Å²) in [4.78, 5) is 181. The van der Waals surface area contributed by atoms with E-state index in [9.17, 15) is 56.8 Å². The third kappa shape index (κ3) is 33.9. The molecule has 0 saturated carbocycles. The molecule has 3 aliphatic heterocycles. The van der Waals surface area contributed by atoms with E-state index in [2.05, 4.69) is 104 Å². The number of ether oxygens (including phenoxy) is 3. The summed E-state index contributed by atoms with van der Waals surface area (Å²) in [5.74, 6) is -9.90. The molecule has 5 aromatic rings. The number of nitrogens with zero attached hydrogens (tertiary/aromatic N) is 11. The molecule has 740 valence electrons. The maximum atomic E-state index is 15.0. The lowest BCUT2D eigenvalue weighted by atomic mass is 10.0. The van der Waals surface area contributed by atoms with Crippen molar-refractivity contribution in [1.29, 1.82) is 32.5 Å². The Morgan fingerprint density at radius 3 is 1.23 bits per heavy atom. The summed E-state index contributed by atoms with van der Waals surface area (Å²) in [7, 11) is -9.26. The Kier molecular flexibility index (Phi) is 41.6. The smallest absolute Gasteiger partial charge is 0.330 e. The van der Waals surface area contributed by atoms with E-state index in [0.717, 1.165) is 4.57 Å². The zero-order chi connectivity index (χ0) is 98.0. The number of nitrogens with one attached hydrogen (secondary N) is 21. The first-order valence-corrected chi connectivity index (χ1v) is 46.8. The van der Waals surface area contributed by atoms with Gasteiger partial charge in [0.05, 0.1) is 70.9 Å². The zero-order valence-electron chi connectivity index (χ0n) is 73.7. The number of amides is 8. The van der Waals surface area contributed by atoms with Gasteiger partial charge in [-0.3, -0.25) is 118 Å². The van der Waals surface area contributed by atoms with E-state index in [1.165, 1.54) is 69.1 Å². The second-order valence-electron chi connectivity index (χ2n) is 31.2. The Bertz CT molecular complexity index is 5250. The molecule has 63 heteroatoms. The molecule has 8 rings (SSSR count). The van der Waals surface area contributed by atoms with E-state index in [-0.39, 0.29) is 208 Å². The molecule has 0 spiro atoms. The largest absolute Gasteiger partial charge is 0.382 e. The molecule has 0 aromatic carbocycles. The minimum atomic E-state index is -3.46. The number of H-pyrrole nitrogens is 2. The second-order valence-corrected chi connectivity index (χ2v) is 35.4. The van der Waals surface area contributed by atoms with E-state index >= 15 is 9.59 Å². The number of guanidine groups is 6. The number of rotatable bonds is 52. The molecule has 0 bridgehead atoms. The predicted molar refractivity (Wildman–Crippen MR) is 486 cm³/mol. The minimum Gasteiger partial charge on any atom is -0.382 e. The Labute approximate surface area is 766 Å². The van der Waals surface area contributed by atoms with Crippen LogP contribution in [-0.2, 0) is 79.8 Å². The topological polar surface area (TPSA) is 923 Å². The van der Waals surface area contributed by atoms with Gasteiger partial charge in [-0.15, -0.1) is 0 Å². The number of morpholine rings is 3. The average Bonchev–Trinajstić information content (AvgIpc) is 1.61. The summed E-state index contributed by atoms with van der Waals surface area (Å²) in [6.07, 6.45) is -2.32. The molecule has 0 aliphatic carbocycles. The van der Waals surface area contributed by atoms with Gasteiger partial charge in [-0.1, -0.05) is 0 Å². The SMILES string of the molecule is CC(=O)NC(CCCNC(=N)N)C(=O)NC(CCCNC(=N)N)C(=O)NC(CCCNC(=N)N)C(=O)NC(CCCNC(=N)N)C(=O)NC(CCCNC(=N)N)C(=O)NC(CCCNC(=N)N)C(=O)NCC(=O)N1CC(CO[PH](=O)N2CC(CO[PH](=O)N3CC(CO[PH](C)=O)OC(n4cc(C)c(=O)[nH]c4=O)C3)OC(n3cnc4c(N)ncnc43)C2)OC(n2cnc3c(=O)[nH]c(N)nc32)C1. The molecular weight excluding hydrogens is 1830 g/mol. The van der Waals surface area contributed by atoms with E-state index in [0.29, 0.717) is 0 Å². The van der Waals surface area contributed by atoms with Crippen molar-refractivity contribution >= 4 is 141 Å². The van der Waals surface area contributed by atoms with Crippen LogP contribution < -0.4 is 132 Å². The average molecular weight is 1950 g/mol.